The smallest absolute Gasteiger partial charge is 0.225 e. The van der Waals surface area contributed by atoms with E-state index in [4.69, 9.17) is 4.74 Å². The third-order valence-electron chi connectivity index (χ3n) is 3.05. The van der Waals surface area contributed by atoms with Gasteiger partial charge in [0.1, 0.15) is 10.6 Å². The van der Waals surface area contributed by atoms with Gasteiger partial charge in [-0.05, 0) is 29.1 Å². The molecule has 108 valence electrons. The van der Waals surface area contributed by atoms with Crippen LogP contribution in [0.1, 0.15) is 5.56 Å². The van der Waals surface area contributed by atoms with Crippen molar-refractivity contribution < 1.29 is 4.74 Å². The van der Waals surface area contributed by atoms with Crippen LogP contribution in [-0.2, 0) is 11.3 Å². The van der Waals surface area contributed by atoms with Crippen LogP contribution in [0.3, 0.4) is 0 Å². The second-order valence-corrected chi connectivity index (χ2v) is 5.44. The first kappa shape index (κ1) is 13.8. The molecule has 3 rings (SSSR count). The Morgan fingerprint density at radius 1 is 1.24 bits per heavy atom. The van der Waals surface area contributed by atoms with Crippen molar-refractivity contribution >= 4 is 39.0 Å². The third kappa shape index (κ3) is 2.96. The van der Waals surface area contributed by atoms with Crippen LogP contribution in [0.5, 0.6) is 0 Å². The Balaban J connectivity index is 1.97. The van der Waals surface area contributed by atoms with Gasteiger partial charge in [-0.15, -0.1) is 11.3 Å². The number of anilines is 3. The average Bonchev–Trinajstić information content (AvgIpc) is 2.96. The van der Waals surface area contributed by atoms with Gasteiger partial charge in [-0.3, -0.25) is 0 Å². The lowest BCUT2D eigenvalue weighted by molar-refractivity contribution is 0.185. The molecule has 0 saturated carbocycles. The van der Waals surface area contributed by atoms with Gasteiger partial charge in [0.15, 0.2) is 0 Å². The summed E-state index contributed by atoms with van der Waals surface area (Å²) in [7, 11) is 3.51. The first-order valence-corrected chi connectivity index (χ1v) is 7.46. The molecule has 2 aromatic heterocycles. The minimum absolute atomic E-state index is 0.592. The quantitative estimate of drug-likeness (QED) is 0.753. The maximum atomic E-state index is 5.17. The predicted molar refractivity (Wildman–Crippen MR) is 87.4 cm³/mol. The summed E-state index contributed by atoms with van der Waals surface area (Å²) in [6, 6.07) is 10.1. The summed E-state index contributed by atoms with van der Waals surface area (Å²) in [5.41, 5.74) is 2.10. The van der Waals surface area contributed by atoms with E-state index in [0.29, 0.717) is 12.6 Å². The minimum atomic E-state index is 0.592. The number of hydrogen-bond donors (Lipinski definition) is 2. The van der Waals surface area contributed by atoms with Gasteiger partial charge >= 0.3 is 0 Å². The van der Waals surface area contributed by atoms with Gasteiger partial charge in [-0.1, -0.05) is 12.1 Å². The van der Waals surface area contributed by atoms with E-state index in [0.717, 1.165) is 27.3 Å². The Morgan fingerprint density at radius 3 is 2.95 bits per heavy atom. The monoisotopic (exact) mass is 300 g/mol. The van der Waals surface area contributed by atoms with Crippen LogP contribution < -0.4 is 10.6 Å². The fourth-order valence-corrected chi connectivity index (χ4v) is 2.87. The Hall–Kier alpha value is -2.18. The summed E-state index contributed by atoms with van der Waals surface area (Å²) in [6.45, 7) is 0.592. The molecule has 0 fully saturated rings. The average molecular weight is 300 g/mol. The number of nitrogens with zero attached hydrogens (tertiary/aromatic N) is 2. The van der Waals surface area contributed by atoms with E-state index < -0.39 is 0 Å². The van der Waals surface area contributed by atoms with Gasteiger partial charge in [0.05, 0.1) is 12.0 Å². The van der Waals surface area contributed by atoms with E-state index in [1.54, 1.807) is 18.4 Å². The summed E-state index contributed by atoms with van der Waals surface area (Å²) in [5, 5.41) is 9.40. The fraction of sp³-hybridized carbons (Fsp3) is 0.200. The maximum absolute atomic E-state index is 5.17. The molecule has 0 atom stereocenters. The molecule has 0 bridgehead atoms. The van der Waals surface area contributed by atoms with Crippen molar-refractivity contribution in [1.82, 2.24) is 9.97 Å². The zero-order valence-corrected chi connectivity index (χ0v) is 12.7. The first-order chi connectivity index (χ1) is 10.3. The number of hydrogen-bond acceptors (Lipinski definition) is 6. The number of nitrogens with one attached hydrogen (secondary N) is 2. The van der Waals surface area contributed by atoms with Crippen molar-refractivity contribution in [3.63, 3.8) is 0 Å². The van der Waals surface area contributed by atoms with Gasteiger partial charge in [-0.2, -0.15) is 4.98 Å². The molecule has 5 nitrogen and oxygen atoms in total. The highest BCUT2D eigenvalue weighted by Gasteiger charge is 2.08. The van der Waals surface area contributed by atoms with Crippen molar-refractivity contribution in [3.05, 3.63) is 41.3 Å². The van der Waals surface area contributed by atoms with Crippen molar-refractivity contribution in [1.29, 1.82) is 0 Å². The lowest BCUT2D eigenvalue weighted by atomic mass is 10.2. The molecule has 0 radical (unpaired) electrons. The molecule has 0 spiro atoms. The van der Waals surface area contributed by atoms with Crippen LogP contribution in [0.4, 0.5) is 17.5 Å². The van der Waals surface area contributed by atoms with E-state index in [2.05, 4.69) is 26.7 Å². The van der Waals surface area contributed by atoms with Crippen LogP contribution in [0.15, 0.2) is 35.7 Å². The Morgan fingerprint density at radius 2 is 2.14 bits per heavy atom. The molecule has 0 amide bonds. The topological polar surface area (TPSA) is 59.1 Å². The number of thiophene rings is 1. The Kier molecular flexibility index (Phi) is 3.98. The molecule has 0 saturated heterocycles. The van der Waals surface area contributed by atoms with E-state index in [1.165, 1.54) is 0 Å². The lowest BCUT2D eigenvalue weighted by Crippen LogP contribution is -2.01. The van der Waals surface area contributed by atoms with Crippen LogP contribution in [-0.4, -0.2) is 24.1 Å². The number of ether oxygens (including phenoxy) is 1. The zero-order valence-electron chi connectivity index (χ0n) is 11.9. The number of aromatic nitrogens is 2. The normalized spacial score (nSPS) is 10.8. The molecular formula is C15H16N4OS. The molecule has 2 heterocycles. The molecule has 0 aliphatic rings. The molecule has 1 aromatic carbocycles. The molecule has 2 N–H and O–H groups in total. The van der Waals surface area contributed by atoms with Gasteiger partial charge in [0.2, 0.25) is 5.95 Å². The van der Waals surface area contributed by atoms with Gasteiger partial charge in [0.25, 0.3) is 0 Å². The van der Waals surface area contributed by atoms with E-state index >= 15 is 0 Å². The Labute approximate surface area is 127 Å². The van der Waals surface area contributed by atoms with Crippen molar-refractivity contribution in [2.24, 2.45) is 0 Å². The van der Waals surface area contributed by atoms with Crippen molar-refractivity contribution in [3.8, 4) is 0 Å². The molecular weight excluding hydrogens is 284 g/mol. The van der Waals surface area contributed by atoms with Gasteiger partial charge in [-0.25, -0.2) is 4.98 Å². The molecule has 0 aliphatic carbocycles. The van der Waals surface area contributed by atoms with E-state index in [1.807, 2.05) is 36.7 Å². The first-order valence-electron chi connectivity index (χ1n) is 6.58. The van der Waals surface area contributed by atoms with E-state index in [-0.39, 0.29) is 0 Å². The van der Waals surface area contributed by atoms with Crippen molar-refractivity contribution in [2.45, 2.75) is 6.61 Å². The summed E-state index contributed by atoms with van der Waals surface area (Å²) in [5.74, 6) is 1.42. The van der Waals surface area contributed by atoms with Crippen LogP contribution >= 0.6 is 11.3 Å². The standard InChI is InChI=1S/C15H16N4OS/c1-16-15-18-13(12-6-7-21-14(12)19-15)17-11-5-3-4-10(8-11)9-20-2/h3-8H,9H2,1-2H3,(H2,16,17,18,19). The number of methoxy groups -OCH3 is 1. The molecule has 6 heteroatoms. The molecule has 0 aliphatic heterocycles. The summed E-state index contributed by atoms with van der Waals surface area (Å²) in [4.78, 5) is 9.91. The fourth-order valence-electron chi connectivity index (χ4n) is 2.10. The molecule has 21 heavy (non-hydrogen) atoms. The third-order valence-corrected chi connectivity index (χ3v) is 3.86. The highest BCUT2D eigenvalue weighted by molar-refractivity contribution is 7.16. The van der Waals surface area contributed by atoms with Crippen LogP contribution in [0.25, 0.3) is 10.2 Å². The summed E-state index contributed by atoms with van der Waals surface area (Å²) >= 11 is 1.60. The second kappa shape index (κ2) is 6.07. The lowest BCUT2D eigenvalue weighted by Gasteiger charge is -2.10. The minimum Gasteiger partial charge on any atom is -0.380 e. The SMILES string of the molecule is CNc1nc(Nc2cccc(COC)c2)c2ccsc2n1. The number of benzene rings is 1. The molecule has 0 unspecified atom stereocenters. The number of fused-ring (bicyclic) bond motifs is 1. The van der Waals surface area contributed by atoms with Crippen LogP contribution in [0.2, 0.25) is 0 Å². The highest BCUT2D eigenvalue weighted by atomic mass is 32.1. The van der Waals surface area contributed by atoms with Crippen LogP contribution in [0, 0.1) is 0 Å². The molecule has 3 aromatic rings. The number of rotatable bonds is 5. The summed E-state index contributed by atoms with van der Waals surface area (Å²) in [6.07, 6.45) is 0. The highest BCUT2D eigenvalue weighted by Crippen LogP contribution is 2.28. The Bertz CT molecular complexity index is 756. The van der Waals surface area contributed by atoms with Crippen molar-refractivity contribution in [2.75, 3.05) is 24.8 Å². The zero-order chi connectivity index (χ0) is 14.7. The largest absolute Gasteiger partial charge is 0.380 e. The summed E-state index contributed by atoms with van der Waals surface area (Å²) < 4.78 is 5.17. The van der Waals surface area contributed by atoms with Gasteiger partial charge < -0.3 is 15.4 Å². The second-order valence-electron chi connectivity index (χ2n) is 4.54. The van der Waals surface area contributed by atoms with E-state index in [9.17, 15) is 0 Å². The van der Waals surface area contributed by atoms with Gasteiger partial charge in [0, 0.05) is 19.8 Å². The maximum Gasteiger partial charge on any atom is 0.225 e. The predicted octanol–water partition coefficient (Wildman–Crippen LogP) is 3.62.